The molecule has 1 aromatic heterocycles. The minimum absolute atomic E-state index is 0.153. The smallest absolute Gasteiger partial charge is 0.292 e. The number of nitrogens with zero attached hydrogens (tertiary/aromatic N) is 2. The number of hydrogen-bond acceptors (Lipinski definition) is 7. The number of benzene rings is 1. The number of halogens is 1. The zero-order chi connectivity index (χ0) is 26.7. The molecule has 36 heavy (non-hydrogen) atoms. The van der Waals surface area contributed by atoms with Gasteiger partial charge in [-0.25, -0.2) is 23.7 Å². The molecule has 1 N–H and O–H groups in total. The molecule has 12 heteroatoms. The Hall–Kier alpha value is -2.59. The molecule has 0 aliphatic carbocycles. The van der Waals surface area contributed by atoms with Crippen molar-refractivity contribution in [3.63, 3.8) is 0 Å². The van der Waals surface area contributed by atoms with E-state index in [-0.39, 0.29) is 23.9 Å². The summed E-state index contributed by atoms with van der Waals surface area (Å²) in [6, 6.07) is 4.74. The summed E-state index contributed by atoms with van der Waals surface area (Å²) in [5, 5.41) is 0.165. The number of rotatable bonds is 7. The highest BCUT2D eigenvalue weighted by molar-refractivity contribution is 7.92. The lowest BCUT2D eigenvalue weighted by Crippen LogP contribution is -2.51. The van der Waals surface area contributed by atoms with E-state index in [2.05, 4.69) is 41.6 Å². The van der Waals surface area contributed by atoms with Crippen molar-refractivity contribution in [3.8, 4) is 11.5 Å². The average molecular weight is 538 g/mol. The molecule has 2 aromatic rings. The average Bonchev–Trinajstić information content (AvgIpc) is 2.80. The Bertz CT molecular complexity index is 1370. The molecule has 2 atom stereocenters. The van der Waals surface area contributed by atoms with Crippen molar-refractivity contribution in [2.24, 2.45) is 0 Å². The van der Waals surface area contributed by atoms with Gasteiger partial charge in [0.1, 0.15) is 8.07 Å². The third kappa shape index (κ3) is 6.58. The Morgan fingerprint density at radius 3 is 2.69 bits per heavy atom. The number of nitrogens with one attached hydrogen (secondary N) is 1. The summed E-state index contributed by atoms with van der Waals surface area (Å²) in [5.74, 6) is 2.12. The van der Waals surface area contributed by atoms with Gasteiger partial charge >= 0.3 is 0 Å². The van der Waals surface area contributed by atoms with Crippen LogP contribution < -0.4 is 11.0 Å². The number of amides is 1. The van der Waals surface area contributed by atoms with Crippen molar-refractivity contribution < 1.29 is 27.2 Å². The predicted octanol–water partition coefficient (Wildman–Crippen LogP) is 2.53. The lowest BCUT2D eigenvalue weighted by atomic mass is 10.1. The fourth-order valence-corrected chi connectivity index (χ4v) is 4.91. The fourth-order valence-electron chi connectivity index (χ4n) is 3.55. The number of aromatic nitrogens is 2. The van der Waals surface area contributed by atoms with Gasteiger partial charge < -0.3 is 4.74 Å². The highest BCUT2D eigenvalue weighted by atomic mass is 32.2. The van der Waals surface area contributed by atoms with Gasteiger partial charge in [0.05, 0.1) is 10.9 Å². The standard InChI is InChI=1S/C24H32FN3O6SSi/c1-24(35(2,31)32,22(30)27-34-20-8-6-7-14-33-20)12-13-28-21(29)18-10-9-17(11-15-36(3,4)5)16-19(18)26-23(28)25/h9-10,16,20H,6-8,12-14H2,1-5H3,(H,27,30)/t20-,24+/m0/s1. The third-order valence-corrected chi connectivity index (χ3v) is 8.92. The van der Waals surface area contributed by atoms with Crippen LogP contribution in [0.2, 0.25) is 19.6 Å². The van der Waals surface area contributed by atoms with Gasteiger partial charge in [0, 0.05) is 31.4 Å². The molecule has 1 fully saturated rings. The van der Waals surface area contributed by atoms with E-state index in [0.717, 1.165) is 23.7 Å². The molecule has 1 aliphatic rings. The van der Waals surface area contributed by atoms with Gasteiger partial charge in [-0.3, -0.25) is 14.2 Å². The zero-order valence-electron chi connectivity index (χ0n) is 21.2. The molecular formula is C24H32FN3O6SSi. The Morgan fingerprint density at radius 1 is 1.36 bits per heavy atom. The number of hydroxylamine groups is 1. The Morgan fingerprint density at radius 2 is 2.08 bits per heavy atom. The van der Waals surface area contributed by atoms with E-state index in [4.69, 9.17) is 9.57 Å². The van der Waals surface area contributed by atoms with Crippen molar-refractivity contribution in [3.05, 3.63) is 40.2 Å². The second kappa shape index (κ2) is 10.8. The number of fused-ring (bicyclic) bond motifs is 1. The first-order valence-electron chi connectivity index (χ1n) is 11.7. The van der Waals surface area contributed by atoms with Gasteiger partial charge in [0.25, 0.3) is 17.5 Å². The fraction of sp³-hybridized carbons (Fsp3) is 0.542. The van der Waals surface area contributed by atoms with Crippen molar-refractivity contribution in [1.29, 1.82) is 0 Å². The van der Waals surface area contributed by atoms with Crippen molar-refractivity contribution in [2.45, 2.75) is 69.8 Å². The van der Waals surface area contributed by atoms with E-state index in [0.29, 0.717) is 18.6 Å². The van der Waals surface area contributed by atoms with Crippen LogP contribution in [0.3, 0.4) is 0 Å². The number of carbonyl (C=O) groups is 1. The van der Waals surface area contributed by atoms with Crippen LogP contribution in [-0.4, -0.2) is 55.8 Å². The molecular weight excluding hydrogens is 505 g/mol. The number of carbonyl (C=O) groups excluding carboxylic acids is 1. The van der Waals surface area contributed by atoms with Gasteiger partial charge in [-0.1, -0.05) is 25.6 Å². The van der Waals surface area contributed by atoms with Crippen LogP contribution in [0.5, 0.6) is 0 Å². The summed E-state index contributed by atoms with van der Waals surface area (Å²) >= 11 is 0. The summed E-state index contributed by atoms with van der Waals surface area (Å²) in [5.41, 5.74) is 5.48. The molecule has 0 bridgehead atoms. The maximum absolute atomic E-state index is 14.9. The third-order valence-electron chi connectivity index (χ3n) is 6.02. The monoisotopic (exact) mass is 537 g/mol. The molecule has 1 aliphatic heterocycles. The topological polar surface area (TPSA) is 117 Å². The summed E-state index contributed by atoms with van der Waals surface area (Å²) in [6.45, 7) is 7.59. The van der Waals surface area contributed by atoms with E-state index in [1.54, 1.807) is 12.1 Å². The van der Waals surface area contributed by atoms with Crippen LogP contribution in [0.4, 0.5) is 4.39 Å². The van der Waals surface area contributed by atoms with Crippen molar-refractivity contribution >= 4 is 34.7 Å². The normalized spacial score (nSPS) is 18.2. The molecule has 1 saturated heterocycles. The van der Waals surface area contributed by atoms with Gasteiger partial charge in [0.15, 0.2) is 20.9 Å². The van der Waals surface area contributed by atoms with Gasteiger partial charge in [0.2, 0.25) is 0 Å². The molecule has 196 valence electrons. The summed E-state index contributed by atoms with van der Waals surface area (Å²) in [6.07, 6.45) is 1.07. The van der Waals surface area contributed by atoms with Crippen molar-refractivity contribution in [2.75, 3.05) is 12.9 Å². The first-order valence-corrected chi connectivity index (χ1v) is 17.1. The molecule has 0 unspecified atom stereocenters. The van der Waals surface area contributed by atoms with Gasteiger partial charge in [-0.15, -0.1) is 5.54 Å². The molecule has 2 heterocycles. The van der Waals surface area contributed by atoms with E-state index < -0.39 is 46.5 Å². The van der Waals surface area contributed by atoms with E-state index in [9.17, 15) is 22.4 Å². The first-order chi connectivity index (χ1) is 16.7. The van der Waals surface area contributed by atoms with E-state index >= 15 is 0 Å². The lowest BCUT2D eigenvalue weighted by molar-refractivity contribution is -0.201. The summed E-state index contributed by atoms with van der Waals surface area (Å²) in [7, 11) is -5.61. The Kier molecular flexibility index (Phi) is 8.39. The second-order valence-corrected chi connectivity index (χ2v) is 17.4. The van der Waals surface area contributed by atoms with Crippen LogP contribution in [-0.2, 0) is 30.8 Å². The zero-order valence-corrected chi connectivity index (χ0v) is 23.0. The van der Waals surface area contributed by atoms with E-state index in [1.165, 1.54) is 13.0 Å². The van der Waals surface area contributed by atoms with Crippen molar-refractivity contribution in [1.82, 2.24) is 15.0 Å². The van der Waals surface area contributed by atoms with Crippen LogP contribution in [0.25, 0.3) is 10.9 Å². The van der Waals surface area contributed by atoms with Crippen LogP contribution in [0.15, 0.2) is 23.0 Å². The number of hydrogen-bond donors (Lipinski definition) is 1. The van der Waals surface area contributed by atoms with Gasteiger partial charge in [-0.05, 0) is 44.4 Å². The summed E-state index contributed by atoms with van der Waals surface area (Å²) < 4.78 is 44.1. The predicted molar refractivity (Wildman–Crippen MR) is 137 cm³/mol. The molecule has 0 radical (unpaired) electrons. The first kappa shape index (κ1) is 28.0. The number of ether oxygens (including phenoxy) is 1. The highest BCUT2D eigenvalue weighted by Crippen LogP contribution is 2.23. The van der Waals surface area contributed by atoms with E-state index in [1.807, 2.05) is 0 Å². The van der Waals surface area contributed by atoms with Gasteiger partial charge in [-0.2, -0.15) is 4.39 Å². The summed E-state index contributed by atoms with van der Waals surface area (Å²) in [4.78, 5) is 35.0. The second-order valence-electron chi connectivity index (χ2n) is 10.2. The largest absolute Gasteiger partial charge is 0.350 e. The minimum atomic E-state index is -3.98. The maximum Gasteiger partial charge on any atom is 0.292 e. The number of sulfone groups is 1. The maximum atomic E-state index is 14.9. The molecule has 1 aromatic carbocycles. The highest BCUT2D eigenvalue weighted by Gasteiger charge is 2.44. The minimum Gasteiger partial charge on any atom is -0.350 e. The Labute approximate surface area is 211 Å². The quantitative estimate of drug-likeness (QED) is 0.250. The molecule has 0 saturated carbocycles. The van der Waals surface area contributed by atoms with Crippen LogP contribution >= 0.6 is 0 Å². The van der Waals surface area contributed by atoms with Crippen LogP contribution in [0.1, 0.15) is 38.2 Å². The molecule has 0 spiro atoms. The molecule has 9 nitrogen and oxygen atoms in total. The Balaban J connectivity index is 1.84. The van der Waals surface area contributed by atoms with Crippen LogP contribution in [0, 0.1) is 17.5 Å². The lowest BCUT2D eigenvalue weighted by Gasteiger charge is -2.28. The SMILES string of the molecule is C[C@@](CCn1c(F)nc2cc(C#C[Si](C)(C)C)ccc2c1=O)(C(=O)NO[C@H]1CCCCO1)S(C)(=O)=O. The molecule has 1 amide bonds. The molecule has 3 rings (SSSR count).